The second-order valence-corrected chi connectivity index (χ2v) is 6.73. The van der Waals surface area contributed by atoms with Gasteiger partial charge >= 0.3 is 0 Å². The van der Waals surface area contributed by atoms with Crippen LogP contribution in [0.5, 0.6) is 5.75 Å². The van der Waals surface area contributed by atoms with Crippen molar-refractivity contribution in [3.8, 4) is 5.75 Å². The molecule has 0 heterocycles. The Morgan fingerprint density at radius 3 is 2.33 bits per heavy atom. The van der Waals surface area contributed by atoms with Crippen molar-refractivity contribution in [3.63, 3.8) is 0 Å². The highest BCUT2D eigenvalue weighted by molar-refractivity contribution is 7.90. The first-order valence-electron chi connectivity index (χ1n) is 5.33. The summed E-state index contributed by atoms with van der Waals surface area (Å²) in [6.45, 7) is 2.97. The van der Waals surface area contributed by atoms with Crippen molar-refractivity contribution < 1.29 is 22.7 Å². The van der Waals surface area contributed by atoms with Gasteiger partial charge in [-0.25, -0.2) is 12.8 Å². The Morgan fingerprint density at radius 2 is 1.94 bits per heavy atom. The summed E-state index contributed by atoms with van der Waals surface area (Å²) >= 11 is 0. The lowest BCUT2D eigenvalue weighted by Crippen LogP contribution is -2.24. The van der Waals surface area contributed by atoms with E-state index in [-0.39, 0.29) is 17.9 Å². The van der Waals surface area contributed by atoms with Crippen LogP contribution in [0.15, 0.2) is 17.0 Å². The van der Waals surface area contributed by atoms with E-state index < -0.39 is 26.0 Å². The molecule has 0 saturated heterocycles. The quantitative estimate of drug-likeness (QED) is 0.905. The van der Waals surface area contributed by atoms with Gasteiger partial charge in [0.05, 0.1) is 13.7 Å². The van der Waals surface area contributed by atoms with Gasteiger partial charge in [0.25, 0.3) is 0 Å². The number of rotatable bonds is 4. The molecule has 4 nitrogen and oxygen atoms in total. The molecule has 1 aromatic carbocycles. The largest absolute Gasteiger partial charge is 0.495 e. The van der Waals surface area contributed by atoms with Gasteiger partial charge in [-0.3, -0.25) is 0 Å². The predicted octanol–water partition coefficient (Wildman–Crippen LogP) is 1.51. The third-order valence-corrected chi connectivity index (χ3v) is 3.90. The van der Waals surface area contributed by atoms with E-state index in [0.717, 1.165) is 6.26 Å². The molecule has 1 rings (SSSR count). The first-order valence-corrected chi connectivity index (χ1v) is 7.22. The molecule has 0 aliphatic heterocycles. The van der Waals surface area contributed by atoms with E-state index >= 15 is 0 Å². The van der Waals surface area contributed by atoms with Crippen LogP contribution in [0.25, 0.3) is 0 Å². The molecule has 6 heteroatoms. The molecule has 0 unspecified atom stereocenters. The zero-order valence-corrected chi connectivity index (χ0v) is 11.6. The van der Waals surface area contributed by atoms with Gasteiger partial charge in [-0.2, -0.15) is 0 Å². The summed E-state index contributed by atoms with van der Waals surface area (Å²) in [7, 11) is -2.47. The van der Waals surface area contributed by atoms with Crippen molar-refractivity contribution in [2.45, 2.75) is 24.2 Å². The van der Waals surface area contributed by atoms with Crippen LogP contribution >= 0.6 is 0 Å². The molecule has 0 spiro atoms. The minimum atomic E-state index is -3.75. The summed E-state index contributed by atoms with van der Waals surface area (Å²) in [5.74, 6) is -0.900. The fourth-order valence-corrected chi connectivity index (χ4v) is 2.60. The summed E-state index contributed by atoms with van der Waals surface area (Å²) in [6.07, 6.45) is 0.920. The Morgan fingerprint density at radius 1 is 1.39 bits per heavy atom. The smallest absolute Gasteiger partial charge is 0.182 e. The number of aliphatic hydroxyl groups excluding tert-OH is 1. The molecule has 0 aliphatic rings. The monoisotopic (exact) mass is 276 g/mol. The van der Waals surface area contributed by atoms with E-state index in [2.05, 4.69) is 0 Å². The summed E-state index contributed by atoms with van der Waals surface area (Å²) in [5.41, 5.74) is -0.721. The molecule has 1 N–H and O–H groups in total. The third kappa shape index (κ3) is 2.64. The highest BCUT2D eigenvalue weighted by Crippen LogP contribution is 2.34. The maximum Gasteiger partial charge on any atom is 0.182 e. The maximum atomic E-state index is 14.3. The lowest BCUT2D eigenvalue weighted by molar-refractivity contribution is 0.214. The average molecular weight is 276 g/mol. The molecule has 102 valence electrons. The molecule has 0 aromatic heterocycles. The number of methoxy groups -OCH3 is 1. The van der Waals surface area contributed by atoms with Crippen molar-refractivity contribution in [1.29, 1.82) is 0 Å². The molecule has 0 aliphatic carbocycles. The normalized spacial score (nSPS) is 12.6. The maximum absolute atomic E-state index is 14.3. The molecule has 0 radical (unpaired) electrons. The van der Waals surface area contributed by atoms with Gasteiger partial charge in [-0.15, -0.1) is 0 Å². The van der Waals surface area contributed by atoms with Gasteiger partial charge in [0.15, 0.2) is 9.84 Å². The topological polar surface area (TPSA) is 63.6 Å². The van der Waals surface area contributed by atoms with Crippen molar-refractivity contribution in [2.24, 2.45) is 0 Å². The van der Waals surface area contributed by atoms with E-state index in [1.165, 1.54) is 19.2 Å². The minimum absolute atomic E-state index is 0.0347. The van der Waals surface area contributed by atoms with E-state index in [1.54, 1.807) is 13.8 Å². The molecule has 0 fully saturated rings. The van der Waals surface area contributed by atoms with Crippen molar-refractivity contribution in [2.75, 3.05) is 20.0 Å². The Hall–Kier alpha value is -1.14. The Bertz CT molecular complexity index is 549. The Balaban J connectivity index is 3.65. The van der Waals surface area contributed by atoms with Crippen LogP contribution in [0, 0.1) is 5.82 Å². The molecule has 0 amide bonds. The third-order valence-electron chi connectivity index (χ3n) is 2.78. The highest BCUT2D eigenvalue weighted by Gasteiger charge is 2.30. The fraction of sp³-hybridized carbons (Fsp3) is 0.500. The SMILES string of the molecule is COc1ccc(C(C)(C)CO)c(F)c1S(C)(=O)=O. The second-order valence-electron chi connectivity index (χ2n) is 4.77. The van der Waals surface area contributed by atoms with Gasteiger partial charge < -0.3 is 9.84 Å². The van der Waals surface area contributed by atoms with Crippen molar-refractivity contribution in [3.05, 3.63) is 23.5 Å². The van der Waals surface area contributed by atoms with Crippen LogP contribution in [0.3, 0.4) is 0 Å². The van der Waals surface area contributed by atoms with Gasteiger partial charge in [0.1, 0.15) is 16.5 Å². The summed E-state index contributed by atoms with van der Waals surface area (Å²) in [6, 6.07) is 2.82. The number of halogens is 1. The molecule has 0 atom stereocenters. The van der Waals surface area contributed by atoms with E-state index in [4.69, 9.17) is 4.74 Å². The lowest BCUT2D eigenvalue weighted by atomic mass is 9.85. The van der Waals surface area contributed by atoms with Gasteiger partial charge in [-0.05, 0) is 11.6 Å². The van der Waals surface area contributed by atoms with Gasteiger partial charge in [-0.1, -0.05) is 19.9 Å². The fourth-order valence-electron chi connectivity index (χ4n) is 1.65. The zero-order valence-electron chi connectivity index (χ0n) is 10.8. The predicted molar refractivity (Wildman–Crippen MR) is 66.2 cm³/mol. The zero-order chi connectivity index (χ0) is 14.1. The van der Waals surface area contributed by atoms with Crippen LogP contribution in [-0.2, 0) is 15.3 Å². The molecule has 0 saturated carbocycles. The first kappa shape index (κ1) is 14.9. The summed E-state index contributed by atoms with van der Waals surface area (Å²) < 4.78 is 42.4. The van der Waals surface area contributed by atoms with Crippen molar-refractivity contribution in [1.82, 2.24) is 0 Å². The first-order chi connectivity index (χ1) is 8.15. The standard InChI is InChI=1S/C12H17FO4S/c1-12(2,7-14)8-5-6-9(17-3)11(10(8)13)18(4,15)16/h5-6,14H,7H2,1-4H3. The van der Waals surface area contributed by atoms with Crippen LogP contribution < -0.4 is 4.74 Å². The number of benzene rings is 1. The van der Waals surface area contributed by atoms with Gasteiger partial charge in [0.2, 0.25) is 0 Å². The van der Waals surface area contributed by atoms with Crippen LogP contribution in [-0.4, -0.2) is 33.5 Å². The van der Waals surface area contributed by atoms with Gasteiger partial charge in [0, 0.05) is 11.7 Å². The Labute approximate surface area is 106 Å². The van der Waals surface area contributed by atoms with Crippen molar-refractivity contribution >= 4 is 9.84 Å². The molecule has 18 heavy (non-hydrogen) atoms. The highest BCUT2D eigenvalue weighted by atomic mass is 32.2. The summed E-state index contributed by atoms with van der Waals surface area (Å²) in [5, 5.41) is 9.24. The number of hydrogen-bond acceptors (Lipinski definition) is 4. The van der Waals surface area contributed by atoms with Crippen LogP contribution in [0.2, 0.25) is 0 Å². The van der Waals surface area contributed by atoms with E-state index in [1.807, 2.05) is 0 Å². The number of sulfone groups is 1. The Kier molecular flexibility index (Phi) is 4.02. The molecular weight excluding hydrogens is 259 g/mol. The average Bonchev–Trinajstić information content (AvgIpc) is 2.26. The number of hydrogen-bond donors (Lipinski definition) is 1. The van der Waals surface area contributed by atoms with E-state index in [0.29, 0.717) is 0 Å². The molecular formula is C12H17FO4S. The number of aliphatic hydroxyl groups is 1. The molecule has 1 aromatic rings. The van der Waals surface area contributed by atoms with Crippen LogP contribution in [0.4, 0.5) is 4.39 Å². The summed E-state index contributed by atoms with van der Waals surface area (Å²) in [4.78, 5) is -0.468. The van der Waals surface area contributed by atoms with Crippen LogP contribution in [0.1, 0.15) is 19.4 Å². The lowest BCUT2D eigenvalue weighted by Gasteiger charge is -2.24. The molecule has 0 bridgehead atoms. The second kappa shape index (κ2) is 4.85. The van der Waals surface area contributed by atoms with E-state index in [9.17, 15) is 17.9 Å². The minimum Gasteiger partial charge on any atom is -0.495 e. The number of ether oxygens (including phenoxy) is 1.